The van der Waals surface area contributed by atoms with E-state index in [1.165, 1.54) is 0 Å². The molecule has 2 aromatic carbocycles. The number of benzene rings is 2. The summed E-state index contributed by atoms with van der Waals surface area (Å²) in [5.41, 5.74) is -1.32. The number of halogens is 3. The molecule has 202 valence electrons. The molecule has 3 aromatic rings. The lowest BCUT2D eigenvalue weighted by Crippen LogP contribution is -2.34. The highest BCUT2D eigenvalue weighted by molar-refractivity contribution is 7.99. The molecule has 38 heavy (non-hydrogen) atoms. The van der Waals surface area contributed by atoms with Crippen molar-refractivity contribution in [2.24, 2.45) is 17.8 Å². The van der Waals surface area contributed by atoms with Crippen molar-refractivity contribution in [3.05, 3.63) is 63.9 Å². The molecular formula is C27H28F3N3O4S. The Kier molecular flexibility index (Phi) is 8.54. The lowest BCUT2D eigenvalue weighted by molar-refractivity contribution is -0.144. The van der Waals surface area contributed by atoms with Gasteiger partial charge >= 0.3 is 12.1 Å². The number of hydrogen-bond acceptors (Lipinski definition) is 6. The van der Waals surface area contributed by atoms with Gasteiger partial charge in [0.1, 0.15) is 5.52 Å². The molecule has 0 aliphatic heterocycles. The van der Waals surface area contributed by atoms with Gasteiger partial charge in [0.25, 0.3) is 5.56 Å². The number of Topliss-reactive ketones (excluding diaryl/α,β-unsaturated/α-hetero) is 1. The van der Waals surface area contributed by atoms with Crippen molar-refractivity contribution in [2.45, 2.75) is 56.6 Å². The van der Waals surface area contributed by atoms with Crippen molar-refractivity contribution >= 4 is 34.4 Å². The number of carboxylic acids is 1. The topological polar surface area (TPSA) is 102 Å². The van der Waals surface area contributed by atoms with E-state index in [-0.39, 0.29) is 23.2 Å². The molecule has 1 aliphatic carbocycles. The smallest absolute Gasteiger partial charge is 0.416 e. The van der Waals surface area contributed by atoms with E-state index in [9.17, 15) is 32.7 Å². The van der Waals surface area contributed by atoms with Gasteiger partial charge < -0.3 is 5.11 Å². The Bertz CT molecular complexity index is 1370. The van der Waals surface area contributed by atoms with Crippen molar-refractivity contribution in [2.75, 3.05) is 5.75 Å². The highest BCUT2D eigenvalue weighted by Crippen LogP contribution is 2.40. The van der Waals surface area contributed by atoms with Crippen molar-refractivity contribution in [3.8, 4) is 0 Å². The van der Waals surface area contributed by atoms with Crippen molar-refractivity contribution in [1.82, 2.24) is 15.0 Å². The van der Waals surface area contributed by atoms with Gasteiger partial charge in [-0.25, -0.2) is 4.68 Å². The minimum Gasteiger partial charge on any atom is -0.481 e. The predicted molar refractivity (Wildman–Crippen MR) is 137 cm³/mol. The number of ketones is 1. The molecule has 1 aromatic heterocycles. The summed E-state index contributed by atoms with van der Waals surface area (Å²) in [6.45, 7) is 1.98. The molecule has 0 spiro atoms. The number of nitrogens with zero attached hydrogens (tertiary/aromatic N) is 3. The number of thioether (sulfide) groups is 1. The van der Waals surface area contributed by atoms with Crippen LogP contribution in [0.1, 0.15) is 54.9 Å². The van der Waals surface area contributed by atoms with Crippen molar-refractivity contribution in [1.29, 1.82) is 0 Å². The van der Waals surface area contributed by atoms with E-state index in [1.54, 1.807) is 23.9 Å². The Balaban J connectivity index is 1.51. The maximum atomic E-state index is 13.3. The summed E-state index contributed by atoms with van der Waals surface area (Å²) in [7, 11) is 0. The first-order chi connectivity index (χ1) is 18.1. The molecule has 7 nitrogen and oxygen atoms in total. The third-order valence-electron chi connectivity index (χ3n) is 7.02. The molecule has 3 unspecified atom stereocenters. The average molecular weight is 548 g/mol. The molecule has 1 heterocycles. The number of alkyl halides is 3. The molecule has 1 fully saturated rings. The van der Waals surface area contributed by atoms with Crippen LogP contribution in [0.3, 0.4) is 0 Å². The van der Waals surface area contributed by atoms with Gasteiger partial charge in [-0.15, -0.1) is 16.9 Å². The quantitative estimate of drug-likeness (QED) is 0.197. The number of rotatable bonds is 10. The van der Waals surface area contributed by atoms with Crippen LogP contribution in [0, 0.1) is 17.8 Å². The minimum absolute atomic E-state index is 0.0143. The van der Waals surface area contributed by atoms with Gasteiger partial charge in [0.05, 0.1) is 23.4 Å². The van der Waals surface area contributed by atoms with Gasteiger partial charge in [0.2, 0.25) is 0 Å². The number of unbranched alkanes of at least 4 members (excludes halogenated alkanes) is 2. The lowest BCUT2D eigenvalue weighted by Gasteiger charge is -2.20. The van der Waals surface area contributed by atoms with Crippen LogP contribution in [0.4, 0.5) is 13.2 Å². The molecule has 1 N–H and O–H groups in total. The number of aromatic nitrogens is 3. The molecule has 1 aliphatic rings. The second-order valence-corrected chi connectivity index (χ2v) is 10.7. The summed E-state index contributed by atoms with van der Waals surface area (Å²) >= 11 is 1.71. The third kappa shape index (κ3) is 6.09. The van der Waals surface area contributed by atoms with Gasteiger partial charge in [0.15, 0.2) is 5.78 Å². The fraction of sp³-hybridized carbons (Fsp3) is 0.444. The fourth-order valence-electron chi connectivity index (χ4n) is 5.02. The highest BCUT2D eigenvalue weighted by Gasteiger charge is 2.45. The number of hydrogen-bond donors (Lipinski definition) is 1. The van der Waals surface area contributed by atoms with Crippen LogP contribution in [-0.4, -0.2) is 37.6 Å². The Labute approximate surface area is 221 Å². The number of carbonyl (C=O) groups excluding carboxylic acids is 1. The molecule has 0 bridgehead atoms. The Hall–Kier alpha value is -3.21. The highest BCUT2D eigenvalue weighted by atomic mass is 32.2. The fourth-order valence-corrected chi connectivity index (χ4v) is 5.93. The van der Waals surface area contributed by atoms with E-state index in [0.717, 1.165) is 52.8 Å². The summed E-state index contributed by atoms with van der Waals surface area (Å²) in [4.78, 5) is 39.5. The third-order valence-corrected chi connectivity index (χ3v) is 8.12. The lowest BCUT2D eigenvalue weighted by atomic mass is 9.84. The van der Waals surface area contributed by atoms with Gasteiger partial charge in [-0.05, 0) is 61.3 Å². The standard InChI is InChI=1S/C27H28F3N3O4S/c1-2-3-4-13-38-19-9-5-16(6-10-19)24(34)20-11-7-17(23(20)26(36)37)15-33-25(35)21-14-18(27(28,29)30)8-12-22(21)31-32-33/h5-6,8-10,12,14,17,20,23H,2-4,7,11,13,15H2,1H3,(H,36,37). The molecule has 3 atom stereocenters. The maximum absolute atomic E-state index is 13.3. The van der Waals surface area contributed by atoms with Gasteiger partial charge in [-0.2, -0.15) is 13.2 Å². The molecule has 0 saturated heterocycles. The second-order valence-electron chi connectivity index (χ2n) is 9.56. The number of aliphatic carboxylic acids is 1. The van der Waals surface area contributed by atoms with E-state index in [2.05, 4.69) is 17.2 Å². The summed E-state index contributed by atoms with van der Waals surface area (Å²) in [6.07, 6.45) is -0.542. The van der Waals surface area contributed by atoms with Crippen LogP contribution >= 0.6 is 11.8 Å². The van der Waals surface area contributed by atoms with Crippen LogP contribution in [0.5, 0.6) is 0 Å². The summed E-state index contributed by atoms with van der Waals surface area (Å²) < 4.78 is 40.3. The molecule has 11 heteroatoms. The molecule has 0 amide bonds. The Morgan fingerprint density at radius 2 is 1.84 bits per heavy atom. The van der Waals surface area contributed by atoms with E-state index in [4.69, 9.17) is 0 Å². The van der Waals surface area contributed by atoms with E-state index >= 15 is 0 Å². The normalized spacial score (nSPS) is 19.6. The van der Waals surface area contributed by atoms with Crippen molar-refractivity contribution in [3.63, 3.8) is 0 Å². The summed E-state index contributed by atoms with van der Waals surface area (Å²) in [5.74, 6) is -2.88. The largest absolute Gasteiger partial charge is 0.481 e. The minimum atomic E-state index is -4.63. The molecule has 4 rings (SSSR count). The zero-order valence-corrected chi connectivity index (χ0v) is 21.6. The Morgan fingerprint density at radius 3 is 2.50 bits per heavy atom. The number of carbonyl (C=O) groups is 2. The summed E-state index contributed by atoms with van der Waals surface area (Å²) in [6, 6.07) is 9.80. The number of fused-ring (bicyclic) bond motifs is 1. The first kappa shape index (κ1) is 27.8. The monoisotopic (exact) mass is 547 g/mol. The summed E-state index contributed by atoms with van der Waals surface area (Å²) in [5, 5.41) is 17.4. The molecule has 0 radical (unpaired) electrons. The molecule has 1 saturated carbocycles. The first-order valence-electron chi connectivity index (χ1n) is 12.5. The molecular weight excluding hydrogens is 519 g/mol. The van der Waals surface area contributed by atoms with E-state index < -0.39 is 41.0 Å². The zero-order chi connectivity index (χ0) is 27.4. The van der Waals surface area contributed by atoms with E-state index in [1.807, 2.05) is 12.1 Å². The van der Waals surface area contributed by atoms with E-state index in [0.29, 0.717) is 18.4 Å². The van der Waals surface area contributed by atoms with Crippen LogP contribution in [0.25, 0.3) is 10.9 Å². The first-order valence-corrected chi connectivity index (χ1v) is 13.5. The SMILES string of the molecule is CCCCCSc1ccc(C(=O)C2CCC(Cn3nnc4ccc(C(F)(F)F)cc4c3=O)C2C(=O)O)cc1. The van der Waals surface area contributed by atoms with Crippen LogP contribution in [0.2, 0.25) is 0 Å². The number of carboxylic acid groups (broad SMARTS) is 1. The average Bonchev–Trinajstić information content (AvgIpc) is 3.31. The van der Waals surface area contributed by atoms with Crippen molar-refractivity contribution < 1.29 is 27.9 Å². The van der Waals surface area contributed by atoms with Gasteiger partial charge in [-0.1, -0.05) is 37.1 Å². The predicted octanol–water partition coefficient (Wildman–Crippen LogP) is 5.70. The second kappa shape index (κ2) is 11.7. The van der Waals surface area contributed by atoms with Gasteiger partial charge in [-0.3, -0.25) is 14.4 Å². The van der Waals surface area contributed by atoms with Gasteiger partial charge in [0, 0.05) is 16.4 Å². The Morgan fingerprint density at radius 1 is 1.11 bits per heavy atom. The van der Waals surface area contributed by atoms with Crippen LogP contribution in [-0.2, 0) is 17.5 Å². The van der Waals surface area contributed by atoms with Crippen LogP contribution < -0.4 is 5.56 Å². The maximum Gasteiger partial charge on any atom is 0.416 e. The zero-order valence-electron chi connectivity index (χ0n) is 20.8. The van der Waals surface area contributed by atoms with Crippen LogP contribution in [0.15, 0.2) is 52.2 Å².